The van der Waals surface area contributed by atoms with Crippen LogP contribution in [0.25, 0.3) is 0 Å². The molecule has 3 N–H and O–H groups in total. The Kier molecular flexibility index (Phi) is 3.43. The number of amides is 1. The first kappa shape index (κ1) is 12.0. The van der Waals surface area contributed by atoms with Crippen molar-refractivity contribution in [3.8, 4) is 0 Å². The van der Waals surface area contributed by atoms with Crippen LogP contribution in [0, 0.1) is 5.82 Å². The average molecular weight is 236 g/mol. The first-order valence-electron chi connectivity index (χ1n) is 5.93. The normalized spacial score (nSPS) is 18.0. The van der Waals surface area contributed by atoms with Crippen LogP contribution in [-0.4, -0.2) is 18.0 Å². The lowest BCUT2D eigenvalue weighted by molar-refractivity contribution is 0.0903. The summed E-state index contributed by atoms with van der Waals surface area (Å²) in [6.07, 6.45) is 4.05. The van der Waals surface area contributed by atoms with Gasteiger partial charge in [0, 0.05) is 12.1 Å². The molecule has 0 heterocycles. The Morgan fingerprint density at radius 1 is 1.29 bits per heavy atom. The number of hydrogen-bond acceptors (Lipinski definition) is 2. The number of carbonyl (C=O) groups is 1. The molecule has 3 nitrogen and oxygen atoms in total. The third-order valence-corrected chi connectivity index (χ3v) is 3.44. The standard InChI is InChI=1S/C13H17FN2O/c14-11-5-3-10(4-6-11)12(17)16-13(9-15)7-1-2-8-13/h3-6H,1-2,7-9,15H2,(H,16,17). The molecule has 1 aromatic carbocycles. The highest BCUT2D eigenvalue weighted by atomic mass is 19.1. The molecule has 2 rings (SSSR count). The fourth-order valence-electron chi connectivity index (χ4n) is 2.35. The maximum Gasteiger partial charge on any atom is 0.251 e. The highest BCUT2D eigenvalue weighted by Gasteiger charge is 2.33. The second kappa shape index (κ2) is 4.84. The maximum atomic E-state index is 12.7. The lowest BCUT2D eigenvalue weighted by Crippen LogP contribution is -2.51. The lowest BCUT2D eigenvalue weighted by atomic mass is 9.97. The fraction of sp³-hybridized carbons (Fsp3) is 0.462. The Bertz CT molecular complexity index is 396. The molecule has 1 amide bonds. The second-order valence-electron chi connectivity index (χ2n) is 4.65. The molecule has 0 aromatic heterocycles. The fourth-order valence-corrected chi connectivity index (χ4v) is 2.35. The zero-order valence-corrected chi connectivity index (χ0v) is 9.71. The molecule has 92 valence electrons. The number of nitrogens with one attached hydrogen (secondary N) is 1. The molecule has 0 unspecified atom stereocenters. The SMILES string of the molecule is NCC1(NC(=O)c2ccc(F)cc2)CCCC1. The smallest absolute Gasteiger partial charge is 0.251 e. The number of carbonyl (C=O) groups excluding carboxylic acids is 1. The van der Waals surface area contributed by atoms with Gasteiger partial charge in [-0.1, -0.05) is 12.8 Å². The van der Waals surface area contributed by atoms with Gasteiger partial charge in [0.25, 0.3) is 5.91 Å². The largest absolute Gasteiger partial charge is 0.345 e. The van der Waals surface area contributed by atoms with Crippen LogP contribution in [0.5, 0.6) is 0 Å². The molecular formula is C13H17FN2O. The summed E-state index contributed by atoms with van der Waals surface area (Å²) in [4.78, 5) is 12.0. The monoisotopic (exact) mass is 236 g/mol. The van der Waals surface area contributed by atoms with Gasteiger partial charge in [-0.3, -0.25) is 4.79 Å². The zero-order chi connectivity index (χ0) is 12.3. The second-order valence-corrected chi connectivity index (χ2v) is 4.65. The summed E-state index contributed by atoms with van der Waals surface area (Å²) in [6.45, 7) is 0.458. The first-order chi connectivity index (χ1) is 8.15. The molecule has 0 spiro atoms. The number of hydrogen-bond donors (Lipinski definition) is 2. The molecular weight excluding hydrogens is 219 g/mol. The summed E-state index contributed by atoms with van der Waals surface area (Å²) in [6, 6.07) is 5.56. The summed E-state index contributed by atoms with van der Waals surface area (Å²) in [5.41, 5.74) is 5.96. The van der Waals surface area contributed by atoms with Gasteiger partial charge in [0.2, 0.25) is 0 Å². The van der Waals surface area contributed by atoms with E-state index >= 15 is 0 Å². The topological polar surface area (TPSA) is 55.1 Å². The van der Waals surface area contributed by atoms with Crippen LogP contribution >= 0.6 is 0 Å². The lowest BCUT2D eigenvalue weighted by Gasteiger charge is -2.28. The molecule has 0 saturated heterocycles. The molecule has 0 atom stereocenters. The molecule has 0 radical (unpaired) electrons. The van der Waals surface area contributed by atoms with Crippen molar-refractivity contribution >= 4 is 5.91 Å². The summed E-state index contributed by atoms with van der Waals surface area (Å²) >= 11 is 0. The summed E-state index contributed by atoms with van der Waals surface area (Å²) in [5, 5.41) is 2.99. The molecule has 0 aliphatic heterocycles. The molecule has 1 aliphatic rings. The summed E-state index contributed by atoms with van der Waals surface area (Å²) in [7, 11) is 0. The van der Waals surface area contributed by atoms with E-state index in [4.69, 9.17) is 5.73 Å². The predicted molar refractivity (Wildman–Crippen MR) is 64.1 cm³/mol. The Labute approximate surface area is 100 Å². The van der Waals surface area contributed by atoms with Crippen molar-refractivity contribution in [2.75, 3.05) is 6.54 Å². The quantitative estimate of drug-likeness (QED) is 0.841. The van der Waals surface area contributed by atoms with E-state index in [1.54, 1.807) is 0 Å². The van der Waals surface area contributed by atoms with E-state index in [9.17, 15) is 9.18 Å². The molecule has 0 bridgehead atoms. The Balaban J connectivity index is 2.08. The number of nitrogens with two attached hydrogens (primary N) is 1. The van der Waals surface area contributed by atoms with Crippen LogP contribution in [0.2, 0.25) is 0 Å². The van der Waals surface area contributed by atoms with Crippen molar-refractivity contribution in [3.63, 3.8) is 0 Å². The number of rotatable bonds is 3. The summed E-state index contributed by atoms with van der Waals surface area (Å²) in [5.74, 6) is -0.506. The van der Waals surface area contributed by atoms with E-state index in [-0.39, 0.29) is 17.3 Å². The number of benzene rings is 1. The third kappa shape index (κ3) is 2.64. The van der Waals surface area contributed by atoms with Gasteiger partial charge in [-0.25, -0.2) is 4.39 Å². The zero-order valence-electron chi connectivity index (χ0n) is 9.71. The highest BCUT2D eigenvalue weighted by molar-refractivity contribution is 5.94. The van der Waals surface area contributed by atoms with Gasteiger partial charge < -0.3 is 11.1 Å². The summed E-state index contributed by atoms with van der Waals surface area (Å²) < 4.78 is 12.7. The van der Waals surface area contributed by atoms with E-state index in [2.05, 4.69) is 5.32 Å². The molecule has 1 saturated carbocycles. The van der Waals surface area contributed by atoms with Gasteiger partial charge in [-0.2, -0.15) is 0 Å². The average Bonchev–Trinajstić information content (AvgIpc) is 2.79. The highest BCUT2D eigenvalue weighted by Crippen LogP contribution is 2.28. The predicted octanol–water partition coefficient (Wildman–Crippen LogP) is 1.83. The van der Waals surface area contributed by atoms with Gasteiger partial charge in [-0.15, -0.1) is 0 Å². The van der Waals surface area contributed by atoms with Gasteiger partial charge in [0.05, 0.1) is 5.54 Å². The first-order valence-corrected chi connectivity index (χ1v) is 5.93. The van der Waals surface area contributed by atoms with E-state index in [1.165, 1.54) is 24.3 Å². The van der Waals surface area contributed by atoms with Gasteiger partial charge in [0.1, 0.15) is 5.82 Å². The molecule has 17 heavy (non-hydrogen) atoms. The molecule has 1 fully saturated rings. The molecule has 1 aliphatic carbocycles. The van der Waals surface area contributed by atoms with E-state index in [1.807, 2.05) is 0 Å². The molecule has 1 aromatic rings. The molecule has 4 heteroatoms. The van der Waals surface area contributed by atoms with E-state index in [0.29, 0.717) is 12.1 Å². The van der Waals surface area contributed by atoms with E-state index in [0.717, 1.165) is 25.7 Å². The van der Waals surface area contributed by atoms with Gasteiger partial charge in [0.15, 0.2) is 0 Å². The van der Waals surface area contributed by atoms with E-state index < -0.39 is 0 Å². The maximum absolute atomic E-state index is 12.7. The van der Waals surface area contributed by atoms with Crippen molar-refractivity contribution in [1.29, 1.82) is 0 Å². The van der Waals surface area contributed by atoms with Crippen molar-refractivity contribution in [2.24, 2.45) is 5.73 Å². The number of halogens is 1. The Morgan fingerprint density at radius 2 is 1.88 bits per heavy atom. The Hall–Kier alpha value is -1.42. The van der Waals surface area contributed by atoms with Crippen molar-refractivity contribution in [2.45, 2.75) is 31.2 Å². The van der Waals surface area contributed by atoms with Crippen LogP contribution < -0.4 is 11.1 Å². The minimum absolute atomic E-state index is 0.169. The Morgan fingerprint density at radius 3 is 2.41 bits per heavy atom. The third-order valence-electron chi connectivity index (χ3n) is 3.44. The van der Waals surface area contributed by atoms with Crippen LogP contribution in [-0.2, 0) is 0 Å². The van der Waals surface area contributed by atoms with Crippen molar-refractivity contribution < 1.29 is 9.18 Å². The van der Waals surface area contributed by atoms with Gasteiger partial charge >= 0.3 is 0 Å². The van der Waals surface area contributed by atoms with Crippen molar-refractivity contribution in [3.05, 3.63) is 35.6 Å². The van der Waals surface area contributed by atoms with Gasteiger partial charge in [-0.05, 0) is 37.1 Å². The van der Waals surface area contributed by atoms with Crippen LogP contribution in [0.15, 0.2) is 24.3 Å². The van der Waals surface area contributed by atoms with Crippen LogP contribution in [0.3, 0.4) is 0 Å². The van der Waals surface area contributed by atoms with Crippen LogP contribution in [0.1, 0.15) is 36.0 Å². The minimum atomic E-state index is -0.337. The minimum Gasteiger partial charge on any atom is -0.345 e. The van der Waals surface area contributed by atoms with Crippen LogP contribution in [0.4, 0.5) is 4.39 Å². The van der Waals surface area contributed by atoms with Crippen molar-refractivity contribution in [1.82, 2.24) is 5.32 Å².